The lowest BCUT2D eigenvalue weighted by atomic mass is 10.3. The van der Waals surface area contributed by atoms with Gasteiger partial charge in [0.1, 0.15) is 5.75 Å². The molecule has 0 radical (unpaired) electrons. The lowest BCUT2D eigenvalue weighted by molar-refractivity contribution is 0.262. The molecule has 0 atom stereocenters. The first-order valence-electron chi connectivity index (χ1n) is 6.04. The van der Waals surface area contributed by atoms with Crippen LogP contribution in [0.15, 0.2) is 41.2 Å². The molecule has 1 heterocycles. The number of nitrogens with one attached hydrogen (secondary N) is 3. The number of rotatable bonds is 4. The number of amides is 2. The standard InChI is InChI=1S/C13H14N4O3/c1-2-20-10-6-4-3-5-9(10)14-13(19)15-11-7-8-12(18)17-16-11/h3-8H,2H2,1H3,(H,17,18)(H2,14,15,16,19). The van der Waals surface area contributed by atoms with Crippen molar-refractivity contribution in [3.8, 4) is 5.75 Å². The smallest absolute Gasteiger partial charge is 0.325 e. The van der Waals surface area contributed by atoms with Gasteiger partial charge >= 0.3 is 6.03 Å². The van der Waals surface area contributed by atoms with Crippen LogP contribution >= 0.6 is 0 Å². The van der Waals surface area contributed by atoms with E-state index in [4.69, 9.17) is 4.74 Å². The van der Waals surface area contributed by atoms with Crippen LogP contribution < -0.4 is 20.9 Å². The Labute approximate surface area is 115 Å². The maximum atomic E-state index is 11.8. The summed E-state index contributed by atoms with van der Waals surface area (Å²) in [6.45, 7) is 2.36. The molecule has 0 unspecified atom stereocenters. The maximum absolute atomic E-state index is 11.8. The van der Waals surface area contributed by atoms with E-state index < -0.39 is 6.03 Å². The molecular formula is C13H14N4O3. The van der Waals surface area contributed by atoms with E-state index in [1.807, 2.05) is 13.0 Å². The van der Waals surface area contributed by atoms with Crippen LogP contribution in [0.3, 0.4) is 0 Å². The summed E-state index contributed by atoms with van der Waals surface area (Å²) in [5, 5.41) is 11.1. The van der Waals surface area contributed by atoms with E-state index >= 15 is 0 Å². The Balaban J connectivity index is 2.04. The summed E-state index contributed by atoms with van der Waals surface area (Å²) >= 11 is 0. The Morgan fingerprint density at radius 3 is 2.75 bits per heavy atom. The van der Waals surface area contributed by atoms with Crippen LogP contribution in [0.4, 0.5) is 16.3 Å². The Kier molecular flexibility index (Phi) is 4.33. The molecule has 0 saturated heterocycles. The third kappa shape index (κ3) is 3.58. The van der Waals surface area contributed by atoms with Crippen molar-refractivity contribution in [3.63, 3.8) is 0 Å². The maximum Gasteiger partial charge on any atom is 0.325 e. The minimum Gasteiger partial charge on any atom is -0.492 e. The zero-order chi connectivity index (χ0) is 14.4. The van der Waals surface area contributed by atoms with E-state index in [0.29, 0.717) is 18.0 Å². The summed E-state index contributed by atoms with van der Waals surface area (Å²) in [6, 6.07) is 9.30. The van der Waals surface area contributed by atoms with Crippen molar-refractivity contribution in [2.75, 3.05) is 17.2 Å². The van der Waals surface area contributed by atoms with Crippen LogP contribution in [-0.2, 0) is 0 Å². The number of para-hydroxylation sites is 2. The predicted molar refractivity (Wildman–Crippen MR) is 75.1 cm³/mol. The largest absolute Gasteiger partial charge is 0.492 e. The summed E-state index contributed by atoms with van der Waals surface area (Å²) in [5.74, 6) is 0.829. The normalized spacial score (nSPS) is 9.85. The average Bonchev–Trinajstić information content (AvgIpc) is 2.44. The zero-order valence-electron chi connectivity index (χ0n) is 10.8. The van der Waals surface area contributed by atoms with E-state index in [1.54, 1.807) is 18.2 Å². The number of carbonyl (C=O) groups excluding carboxylic acids is 1. The first kappa shape index (κ1) is 13.6. The van der Waals surface area contributed by atoms with Crippen LogP contribution in [0.25, 0.3) is 0 Å². The average molecular weight is 274 g/mol. The molecular weight excluding hydrogens is 260 g/mol. The highest BCUT2D eigenvalue weighted by atomic mass is 16.5. The van der Waals surface area contributed by atoms with Gasteiger partial charge in [-0.25, -0.2) is 9.89 Å². The molecule has 1 aromatic carbocycles. The Morgan fingerprint density at radius 2 is 2.05 bits per heavy atom. The highest BCUT2D eigenvalue weighted by Gasteiger charge is 2.07. The van der Waals surface area contributed by atoms with Gasteiger partial charge in [0, 0.05) is 6.07 Å². The van der Waals surface area contributed by atoms with Crippen molar-refractivity contribution in [1.82, 2.24) is 10.2 Å². The summed E-state index contributed by atoms with van der Waals surface area (Å²) in [5.41, 5.74) is 0.217. The van der Waals surface area contributed by atoms with E-state index in [2.05, 4.69) is 20.8 Å². The van der Waals surface area contributed by atoms with E-state index in [-0.39, 0.29) is 11.4 Å². The second-order valence-electron chi connectivity index (χ2n) is 3.81. The first-order valence-corrected chi connectivity index (χ1v) is 6.04. The monoisotopic (exact) mass is 274 g/mol. The Hall–Kier alpha value is -2.83. The highest BCUT2D eigenvalue weighted by molar-refractivity contribution is 6.00. The number of hydrogen-bond donors (Lipinski definition) is 3. The van der Waals surface area contributed by atoms with Gasteiger partial charge in [0.15, 0.2) is 5.82 Å². The van der Waals surface area contributed by atoms with Gasteiger partial charge in [0.2, 0.25) is 0 Å². The van der Waals surface area contributed by atoms with Crippen molar-refractivity contribution >= 4 is 17.5 Å². The molecule has 0 fully saturated rings. The van der Waals surface area contributed by atoms with Crippen LogP contribution in [0, 0.1) is 0 Å². The predicted octanol–water partition coefficient (Wildman–Crippen LogP) is 1.81. The molecule has 3 N–H and O–H groups in total. The second kappa shape index (κ2) is 6.37. The van der Waals surface area contributed by atoms with Crippen molar-refractivity contribution in [2.24, 2.45) is 0 Å². The Morgan fingerprint density at radius 1 is 1.25 bits per heavy atom. The van der Waals surface area contributed by atoms with Gasteiger partial charge in [-0.1, -0.05) is 12.1 Å². The minimum atomic E-state index is -0.475. The molecule has 0 aliphatic carbocycles. The number of urea groups is 1. The molecule has 0 bridgehead atoms. The van der Waals surface area contributed by atoms with E-state index in [0.717, 1.165) is 0 Å². The molecule has 0 saturated carbocycles. The van der Waals surface area contributed by atoms with E-state index in [9.17, 15) is 9.59 Å². The molecule has 2 rings (SSSR count). The molecule has 2 aromatic rings. The summed E-state index contributed by atoms with van der Waals surface area (Å²) < 4.78 is 5.40. The molecule has 0 spiro atoms. The van der Waals surface area contributed by atoms with Gasteiger partial charge in [-0.05, 0) is 25.1 Å². The third-order valence-electron chi connectivity index (χ3n) is 2.36. The van der Waals surface area contributed by atoms with Crippen molar-refractivity contribution in [1.29, 1.82) is 0 Å². The van der Waals surface area contributed by atoms with Crippen molar-refractivity contribution < 1.29 is 9.53 Å². The van der Waals surface area contributed by atoms with Gasteiger partial charge in [-0.3, -0.25) is 10.1 Å². The lowest BCUT2D eigenvalue weighted by Crippen LogP contribution is -2.21. The third-order valence-corrected chi connectivity index (χ3v) is 2.36. The number of hydrogen-bond acceptors (Lipinski definition) is 4. The molecule has 0 aliphatic rings. The molecule has 7 heteroatoms. The quantitative estimate of drug-likeness (QED) is 0.792. The van der Waals surface area contributed by atoms with Gasteiger partial charge in [-0.15, -0.1) is 0 Å². The lowest BCUT2D eigenvalue weighted by Gasteiger charge is -2.11. The summed E-state index contributed by atoms with van der Waals surface area (Å²) in [7, 11) is 0. The van der Waals surface area contributed by atoms with Crippen molar-refractivity contribution in [2.45, 2.75) is 6.92 Å². The van der Waals surface area contributed by atoms with Gasteiger partial charge < -0.3 is 10.1 Å². The Bertz CT molecular complexity index is 634. The van der Waals surface area contributed by atoms with Crippen LogP contribution in [0.2, 0.25) is 0 Å². The SMILES string of the molecule is CCOc1ccccc1NC(=O)Nc1ccc(=O)[nH]n1. The van der Waals surface area contributed by atoms with Gasteiger partial charge in [0.25, 0.3) is 5.56 Å². The van der Waals surface area contributed by atoms with Crippen LogP contribution in [-0.4, -0.2) is 22.8 Å². The topological polar surface area (TPSA) is 96.1 Å². The molecule has 0 aliphatic heterocycles. The first-order chi connectivity index (χ1) is 9.69. The fraction of sp³-hybridized carbons (Fsp3) is 0.154. The number of aromatic nitrogens is 2. The number of carbonyl (C=O) groups is 1. The van der Waals surface area contributed by atoms with Crippen LogP contribution in [0.1, 0.15) is 6.92 Å². The molecule has 1 aromatic heterocycles. The number of ether oxygens (including phenoxy) is 1. The van der Waals surface area contributed by atoms with Crippen molar-refractivity contribution in [3.05, 3.63) is 46.8 Å². The van der Waals surface area contributed by atoms with E-state index in [1.165, 1.54) is 12.1 Å². The molecule has 20 heavy (non-hydrogen) atoms. The van der Waals surface area contributed by atoms with Gasteiger partial charge in [0.05, 0.1) is 12.3 Å². The number of aromatic amines is 1. The molecule has 104 valence electrons. The number of nitrogens with zero attached hydrogens (tertiary/aromatic N) is 1. The van der Waals surface area contributed by atoms with Gasteiger partial charge in [-0.2, -0.15) is 5.10 Å². The summed E-state index contributed by atoms with van der Waals surface area (Å²) in [6.07, 6.45) is 0. The number of H-pyrrole nitrogens is 1. The second-order valence-corrected chi connectivity index (χ2v) is 3.81. The molecule has 2 amide bonds. The summed E-state index contributed by atoms with van der Waals surface area (Å²) in [4.78, 5) is 22.7. The fourth-order valence-electron chi connectivity index (χ4n) is 1.54. The highest BCUT2D eigenvalue weighted by Crippen LogP contribution is 2.23. The fourth-order valence-corrected chi connectivity index (χ4v) is 1.54. The van der Waals surface area contributed by atoms with Crippen LogP contribution in [0.5, 0.6) is 5.75 Å². The zero-order valence-corrected chi connectivity index (χ0v) is 10.8. The number of benzene rings is 1. The number of anilines is 2. The minimum absolute atomic E-state index is 0.246. The molecule has 7 nitrogen and oxygen atoms in total.